The second-order valence-corrected chi connectivity index (χ2v) is 8.43. The quantitative estimate of drug-likeness (QED) is 0.549. The Morgan fingerprint density at radius 3 is 2.11 bits per heavy atom. The first-order valence-electron chi connectivity index (χ1n) is 5.36. The van der Waals surface area contributed by atoms with Crippen molar-refractivity contribution in [1.82, 2.24) is 0 Å². The average Bonchev–Trinajstić information content (AvgIpc) is 2.34. The molecule has 0 spiro atoms. The Balaban J connectivity index is 2.47. The summed E-state index contributed by atoms with van der Waals surface area (Å²) in [4.78, 5) is 0. The van der Waals surface area contributed by atoms with Crippen LogP contribution in [0.2, 0.25) is 0 Å². The van der Waals surface area contributed by atoms with Crippen molar-refractivity contribution in [2.24, 2.45) is 0 Å². The van der Waals surface area contributed by atoms with E-state index in [0.29, 0.717) is 5.56 Å². The van der Waals surface area contributed by atoms with Crippen molar-refractivity contribution in [2.75, 3.05) is 0 Å². The first kappa shape index (κ1) is 16.5. The molecule has 0 aliphatic rings. The van der Waals surface area contributed by atoms with Crippen LogP contribution >= 0.6 is 0 Å². The predicted molar refractivity (Wildman–Crippen MR) is 57.9 cm³/mol. The summed E-state index contributed by atoms with van der Waals surface area (Å²) in [5.41, 5.74) is 0.545. The van der Waals surface area contributed by atoms with Gasteiger partial charge in [-0.05, 0) is 0 Å². The van der Waals surface area contributed by atoms with Gasteiger partial charge in [-0.15, -0.1) is 0 Å². The SMILES string of the molecule is [O]=[Sn]([O]Cc1ccccc1)[C](F)(F)CCC(F)(F)F. The molecule has 19 heavy (non-hydrogen) atoms. The number of rotatable bonds is 6. The summed E-state index contributed by atoms with van der Waals surface area (Å²) in [5.74, 6) is 0. The minimum atomic E-state index is -4.85. The fraction of sp³-hybridized carbons (Fsp3) is 0.455. The van der Waals surface area contributed by atoms with Crippen LogP contribution in [0.3, 0.4) is 0 Å². The molecule has 0 fully saturated rings. The molecule has 1 rings (SSSR count). The number of alkyl halides is 5. The van der Waals surface area contributed by atoms with Crippen LogP contribution in [0.1, 0.15) is 18.4 Å². The Hall–Kier alpha value is -0.571. The maximum absolute atomic E-state index is 13.2. The van der Waals surface area contributed by atoms with E-state index in [0.717, 1.165) is 0 Å². The molecule has 0 unspecified atom stereocenters. The molecular formula is C11H11F5O2Sn. The molecule has 0 heterocycles. The summed E-state index contributed by atoms with van der Waals surface area (Å²) in [6.45, 7) is -0.277. The summed E-state index contributed by atoms with van der Waals surface area (Å²) in [7, 11) is 0. The van der Waals surface area contributed by atoms with Crippen molar-refractivity contribution >= 4 is 20.2 Å². The van der Waals surface area contributed by atoms with Crippen LogP contribution in [-0.4, -0.2) is 30.3 Å². The van der Waals surface area contributed by atoms with Gasteiger partial charge in [-0.1, -0.05) is 0 Å². The van der Waals surface area contributed by atoms with Gasteiger partial charge in [0.15, 0.2) is 0 Å². The zero-order chi connectivity index (χ0) is 14.5. The van der Waals surface area contributed by atoms with E-state index < -0.39 is 43.1 Å². The van der Waals surface area contributed by atoms with Crippen LogP contribution in [0, 0.1) is 0 Å². The summed E-state index contributed by atoms with van der Waals surface area (Å²) in [6.07, 6.45) is -7.84. The third-order valence-electron chi connectivity index (χ3n) is 2.23. The standard InChI is InChI=1S/C7H7O.C4H4F5.O.Sn/c8-6-7-4-2-1-3-5-7;5-3(6)1-2-4(7,8)9;;/h1-5H,6H2;1-2H2;;/q-1;;;+1. The van der Waals surface area contributed by atoms with E-state index >= 15 is 0 Å². The fourth-order valence-corrected chi connectivity index (χ4v) is 3.62. The summed E-state index contributed by atoms with van der Waals surface area (Å²) in [6, 6.07) is 8.18. The van der Waals surface area contributed by atoms with E-state index in [1.807, 2.05) is 0 Å². The van der Waals surface area contributed by atoms with Crippen molar-refractivity contribution in [1.29, 1.82) is 0 Å². The van der Waals surface area contributed by atoms with Gasteiger partial charge in [-0.3, -0.25) is 0 Å². The third-order valence-corrected chi connectivity index (χ3v) is 5.81. The molecule has 0 N–H and O–H groups in total. The Bertz CT molecular complexity index is 419. The van der Waals surface area contributed by atoms with Gasteiger partial charge in [0, 0.05) is 0 Å². The van der Waals surface area contributed by atoms with Crippen molar-refractivity contribution < 1.29 is 28.1 Å². The molecule has 0 bridgehead atoms. The molecule has 0 atom stereocenters. The van der Waals surface area contributed by atoms with Gasteiger partial charge in [0.1, 0.15) is 0 Å². The van der Waals surface area contributed by atoms with Gasteiger partial charge in [-0.2, -0.15) is 0 Å². The van der Waals surface area contributed by atoms with Gasteiger partial charge in [0.25, 0.3) is 0 Å². The van der Waals surface area contributed by atoms with E-state index in [1.54, 1.807) is 30.3 Å². The van der Waals surface area contributed by atoms with Gasteiger partial charge in [-0.25, -0.2) is 0 Å². The second kappa shape index (κ2) is 6.73. The molecule has 0 aliphatic carbocycles. The van der Waals surface area contributed by atoms with E-state index in [-0.39, 0.29) is 6.61 Å². The van der Waals surface area contributed by atoms with E-state index in [1.165, 1.54) is 0 Å². The molecule has 1 aromatic rings. The molecule has 0 amide bonds. The van der Waals surface area contributed by atoms with E-state index in [9.17, 15) is 25.0 Å². The topological polar surface area (TPSA) is 26.3 Å². The average molecular weight is 389 g/mol. The third kappa shape index (κ3) is 6.42. The Morgan fingerprint density at radius 1 is 1.00 bits per heavy atom. The van der Waals surface area contributed by atoms with E-state index in [4.69, 9.17) is 0 Å². The molecule has 106 valence electrons. The Labute approximate surface area is 114 Å². The van der Waals surface area contributed by atoms with Crippen LogP contribution < -0.4 is 0 Å². The van der Waals surface area contributed by atoms with Gasteiger partial charge in [0.05, 0.1) is 0 Å². The zero-order valence-corrected chi connectivity index (χ0v) is 12.6. The molecule has 0 aliphatic heterocycles. The van der Waals surface area contributed by atoms with Crippen LogP contribution in [-0.2, 0) is 12.8 Å². The molecule has 8 heteroatoms. The second-order valence-electron chi connectivity index (χ2n) is 3.88. The van der Waals surface area contributed by atoms with Crippen molar-refractivity contribution in [3.8, 4) is 0 Å². The van der Waals surface area contributed by atoms with Crippen LogP contribution in [0.4, 0.5) is 22.0 Å². The van der Waals surface area contributed by atoms with Crippen molar-refractivity contribution in [3.63, 3.8) is 0 Å². The van der Waals surface area contributed by atoms with Gasteiger partial charge < -0.3 is 0 Å². The van der Waals surface area contributed by atoms with Crippen molar-refractivity contribution in [2.45, 2.75) is 29.6 Å². The summed E-state index contributed by atoms with van der Waals surface area (Å²) in [5, 5.41) is 0. The molecule has 1 aromatic carbocycles. The number of hydrogen-bond acceptors (Lipinski definition) is 2. The number of hydrogen-bond donors (Lipinski definition) is 0. The predicted octanol–water partition coefficient (Wildman–Crippen LogP) is 3.64. The monoisotopic (exact) mass is 390 g/mol. The number of halogens is 5. The summed E-state index contributed by atoms with van der Waals surface area (Å²) < 4.78 is 74.0. The molecule has 0 saturated carbocycles. The molecule has 0 radical (unpaired) electrons. The zero-order valence-electron chi connectivity index (χ0n) is 9.71. The molecule has 0 aromatic heterocycles. The van der Waals surface area contributed by atoms with Gasteiger partial charge in [0.2, 0.25) is 0 Å². The van der Waals surface area contributed by atoms with Crippen LogP contribution in [0.5, 0.6) is 0 Å². The first-order chi connectivity index (χ1) is 8.71. The Morgan fingerprint density at radius 2 is 1.58 bits per heavy atom. The minimum absolute atomic E-state index is 0.277. The fourth-order valence-electron chi connectivity index (χ4n) is 1.23. The number of benzene rings is 1. The van der Waals surface area contributed by atoms with Crippen molar-refractivity contribution in [3.05, 3.63) is 35.9 Å². The molecule has 0 saturated heterocycles. The molecule has 2 nitrogen and oxygen atoms in total. The van der Waals surface area contributed by atoms with Crippen LogP contribution in [0.15, 0.2) is 30.3 Å². The van der Waals surface area contributed by atoms with Gasteiger partial charge >= 0.3 is 114 Å². The normalized spacial score (nSPS) is 12.5. The summed E-state index contributed by atoms with van der Waals surface area (Å²) >= 11 is -4.85. The first-order valence-corrected chi connectivity index (χ1v) is 9.12. The maximum atomic E-state index is 13.2. The van der Waals surface area contributed by atoms with E-state index in [2.05, 4.69) is 3.07 Å². The Kier molecular flexibility index (Phi) is 5.84. The molecular weight excluding hydrogens is 378 g/mol. The van der Waals surface area contributed by atoms with Crippen LogP contribution in [0.25, 0.3) is 0 Å².